The minimum Gasteiger partial charge on any atom is -0.489 e. The number of hydrogen-bond donors (Lipinski definition) is 1. The van der Waals surface area contributed by atoms with Gasteiger partial charge >= 0.3 is 0 Å². The van der Waals surface area contributed by atoms with Crippen molar-refractivity contribution in [1.29, 1.82) is 0 Å². The topological polar surface area (TPSA) is 60.5 Å². The summed E-state index contributed by atoms with van der Waals surface area (Å²) in [4.78, 5) is 16.5. The molecule has 0 aliphatic carbocycles. The maximum absolute atomic E-state index is 14.6. The number of thiazole rings is 1. The number of benzene rings is 2. The first-order valence-corrected chi connectivity index (χ1v) is 10.6. The van der Waals surface area contributed by atoms with E-state index in [4.69, 9.17) is 9.47 Å². The Kier molecular flexibility index (Phi) is 6.53. The number of hydrogen-bond acceptors (Lipinski definition) is 5. The molecule has 1 amide bonds. The summed E-state index contributed by atoms with van der Waals surface area (Å²) in [5.74, 6) is -1.96. The number of halogens is 3. The van der Waals surface area contributed by atoms with E-state index < -0.39 is 17.5 Å². The second-order valence-corrected chi connectivity index (χ2v) is 7.91. The molecule has 1 aliphatic rings. The average Bonchev–Trinajstić information content (AvgIpc) is 3.45. The van der Waals surface area contributed by atoms with Crippen molar-refractivity contribution < 1.29 is 27.4 Å². The summed E-state index contributed by atoms with van der Waals surface area (Å²) in [5.41, 5.74) is 0.454. The first kappa shape index (κ1) is 21.3. The third-order valence-electron chi connectivity index (χ3n) is 4.82. The van der Waals surface area contributed by atoms with E-state index in [-0.39, 0.29) is 41.2 Å². The Hall–Kier alpha value is -2.91. The number of ether oxygens (including phenoxy) is 2. The van der Waals surface area contributed by atoms with E-state index in [0.29, 0.717) is 18.2 Å². The van der Waals surface area contributed by atoms with Crippen LogP contribution in [0.4, 0.5) is 13.2 Å². The van der Waals surface area contributed by atoms with Gasteiger partial charge in [0.25, 0.3) is 5.91 Å². The highest BCUT2D eigenvalue weighted by atomic mass is 32.1. The van der Waals surface area contributed by atoms with Crippen molar-refractivity contribution in [1.82, 2.24) is 10.3 Å². The molecule has 0 bridgehead atoms. The van der Waals surface area contributed by atoms with Gasteiger partial charge in [0.1, 0.15) is 40.5 Å². The zero-order chi connectivity index (χ0) is 21.8. The lowest BCUT2D eigenvalue weighted by atomic mass is 10.2. The molecule has 1 atom stereocenters. The molecule has 0 radical (unpaired) electrons. The van der Waals surface area contributed by atoms with E-state index >= 15 is 0 Å². The van der Waals surface area contributed by atoms with Crippen LogP contribution in [0.15, 0.2) is 41.8 Å². The number of rotatable bonds is 7. The van der Waals surface area contributed by atoms with Crippen LogP contribution < -0.4 is 10.1 Å². The van der Waals surface area contributed by atoms with Gasteiger partial charge in [0, 0.05) is 35.7 Å². The quantitative estimate of drug-likeness (QED) is 0.569. The van der Waals surface area contributed by atoms with Gasteiger partial charge in [-0.1, -0.05) is 0 Å². The molecule has 1 N–H and O–H groups in total. The smallest absolute Gasteiger partial charge is 0.270 e. The predicted molar refractivity (Wildman–Crippen MR) is 110 cm³/mol. The van der Waals surface area contributed by atoms with Crippen molar-refractivity contribution in [3.63, 3.8) is 0 Å². The van der Waals surface area contributed by atoms with Crippen LogP contribution in [0.25, 0.3) is 10.6 Å². The van der Waals surface area contributed by atoms with Gasteiger partial charge in [0.2, 0.25) is 0 Å². The van der Waals surface area contributed by atoms with Crippen molar-refractivity contribution in [2.24, 2.45) is 0 Å². The third kappa shape index (κ3) is 5.23. The number of carbonyl (C=O) groups excluding carboxylic acids is 1. The Morgan fingerprint density at radius 1 is 1.19 bits per heavy atom. The van der Waals surface area contributed by atoms with Crippen LogP contribution in [-0.2, 0) is 11.3 Å². The third-order valence-corrected chi connectivity index (χ3v) is 5.70. The van der Waals surface area contributed by atoms with Gasteiger partial charge in [-0.2, -0.15) is 0 Å². The molecule has 5 nitrogen and oxygen atoms in total. The molecule has 2 aromatic carbocycles. The molecule has 31 heavy (non-hydrogen) atoms. The monoisotopic (exact) mass is 448 g/mol. The van der Waals surface area contributed by atoms with Crippen LogP contribution >= 0.6 is 11.3 Å². The highest BCUT2D eigenvalue weighted by Gasteiger charge is 2.19. The van der Waals surface area contributed by atoms with Gasteiger partial charge in [-0.05, 0) is 43.2 Å². The molecule has 9 heteroatoms. The summed E-state index contributed by atoms with van der Waals surface area (Å²) in [7, 11) is 0. The fourth-order valence-electron chi connectivity index (χ4n) is 3.18. The van der Waals surface area contributed by atoms with E-state index in [2.05, 4.69) is 10.3 Å². The maximum atomic E-state index is 14.6. The Bertz CT molecular complexity index is 1080. The highest BCUT2D eigenvalue weighted by molar-refractivity contribution is 7.13. The summed E-state index contributed by atoms with van der Waals surface area (Å²) < 4.78 is 52.4. The lowest BCUT2D eigenvalue weighted by molar-refractivity contribution is 0.0854. The molecule has 0 saturated carbocycles. The molecule has 4 rings (SSSR count). The lowest BCUT2D eigenvalue weighted by Crippen LogP contribution is -2.31. The number of nitrogens with zero attached hydrogens (tertiary/aromatic N) is 1. The van der Waals surface area contributed by atoms with Crippen LogP contribution in [0.2, 0.25) is 0 Å². The van der Waals surface area contributed by atoms with Crippen molar-refractivity contribution in [2.75, 3.05) is 13.2 Å². The zero-order valence-electron chi connectivity index (χ0n) is 16.4. The Morgan fingerprint density at radius 2 is 2.06 bits per heavy atom. The van der Waals surface area contributed by atoms with Crippen LogP contribution in [0, 0.1) is 17.5 Å². The van der Waals surface area contributed by atoms with E-state index in [1.807, 2.05) is 0 Å². The van der Waals surface area contributed by atoms with Gasteiger partial charge in [0.15, 0.2) is 0 Å². The number of carbonyl (C=O) groups is 1. The Morgan fingerprint density at radius 3 is 2.84 bits per heavy atom. The molecule has 1 unspecified atom stereocenters. The van der Waals surface area contributed by atoms with Crippen LogP contribution in [0.3, 0.4) is 0 Å². The summed E-state index contributed by atoms with van der Waals surface area (Å²) in [5, 5.41) is 4.70. The first-order chi connectivity index (χ1) is 15.0. The number of amides is 1. The van der Waals surface area contributed by atoms with Crippen molar-refractivity contribution >= 4 is 17.2 Å². The predicted octanol–water partition coefficient (Wildman–Crippen LogP) is 4.72. The van der Waals surface area contributed by atoms with Gasteiger partial charge < -0.3 is 14.8 Å². The highest BCUT2D eigenvalue weighted by Crippen LogP contribution is 2.29. The lowest BCUT2D eigenvalue weighted by Gasteiger charge is -2.09. The average molecular weight is 448 g/mol. The van der Waals surface area contributed by atoms with Gasteiger partial charge in [-0.25, -0.2) is 18.2 Å². The molecular formula is C22H19F3N2O3S. The summed E-state index contributed by atoms with van der Waals surface area (Å²) in [6.45, 7) is 0.879. The molecule has 3 aromatic rings. The van der Waals surface area contributed by atoms with E-state index in [0.717, 1.165) is 48.4 Å². The normalized spacial score (nSPS) is 15.8. The first-order valence-electron chi connectivity index (χ1n) is 9.71. The second kappa shape index (κ2) is 9.49. The standard InChI is InChI=1S/C22H19F3N2O3S/c23-14-3-6-18(24)13(8-14)11-30-15-4-5-17(19(25)9-15)22-27-20(12-31-22)21(28)26-10-16-2-1-7-29-16/h3-6,8-9,12,16H,1-2,7,10-11H2,(H,26,28). The van der Waals surface area contributed by atoms with Crippen molar-refractivity contribution in [3.05, 3.63) is 70.5 Å². The van der Waals surface area contributed by atoms with Crippen LogP contribution in [0.5, 0.6) is 5.75 Å². The number of aromatic nitrogens is 1. The fourth-order valence-corrected chi connectivity index (χ4v) is 4.00. The van der Waals surface area contributed by atoms with Crippen LogP contribution in [-0.4, -0.2) is 30.1 Å². The van der Waals surface area contributed by atoms with E-state index in [1.54, 1.807) is 5.38 Å². The van der Waals surface area contributed by atoms with E-state index in [9.17, 15) is 18.0 Å². The SMILES string of the molecule is O=C(NCC1CCCO1)c1csc(-c2ccc(OCc3cc(F)ccc3F)cc2F)n1. The molecule has 1 fully saturated rings. The molecule has 1 aromatic heterocycles. The Balaban J connectivity index is 1.40. The molecular weight excluding hydrogens is 429 g/mol. The van der Waals surface area contributed by atoms with Gasteiger partial charge in [0.05, 0.1) is 6.10 Å². The molecule has 1 saturated heterocycles. The maximum Gasteiger partial charge on any atom is 0.270 e. The summed E-state index contributed by atoms with van der Waals surface area (Å²) >= 11 is 1.15. The van der Waals surface area contributed by atoms with Crippen LogP contribution in [0.1, 0.15) is 28.9 Å². The minimum absolute atomic E-state index is 0.0212. The van der Waals surface area contributed by atoms with Gasteiger partial charge in [-0.15, -0.1) is 11.3 Å². The fraction of sp³-hybridized carbons (Fsp3) is 0.273. The summed E-state index contributed by atoms with van der Waals surface area (Å²) in [6.07, 6.45) is 1.92. The molecule has 162 valence electrons. The molecule has 1 aliphatic heterocycles. The van der Waals surface area contributed by atoms with E-state index in [1.165, 1.54) is 12.1 Å². The van der Waals surface area contributed by atoms with Gasteiger partial charge in [-0.3, -0.25) is 4.79 Å². The van der Waals surface area contributed by atoms with Crippen molar-refractivity contribution in [3.8, 4) is 16.3 Å². The molecule has 2 heterocycles. The minimum atomic E-state index is -0.605. The Labute approximate surface area is 180 Å². The second-order valence-electron chi connectivity index (χ2n) is 7.05. The number of nitrogens with one attached hydrogen (secondary N) is 1. The molecule has 0 spiro atoms. The van der Waals surface area contributed by atoms with Crippen molar-refractivity contribution in [2.45, 2.75) is 25.6 Å². The zero-order valence-corrected chi connectivity index (χ0v) is 17.2. The largest absolute Gasteiger partial charge is 0.489 e. The summed E-state index contributed by atoms with van der Waals surface area (Å²) in [6, 6.07) is 7.17.